The van der Waals surface area contributed by atoms with Crippen molar-refractivity contribution >= 4 is 16.0 Å². The monoisotopic (exact) mass is 299 g/mol. The highest BCUT2D eigenvalue weighted by Crippen LogP contribution is 2.26. The van der Waals surface area contributed by atoms with E-state index in [4.69, 9.17) is 10.2 Å². The molecule has 20 heavy (non-hydrogen) atoms. The van der Waals surface area contributed by atoms with E-state index in [-0.39, 0.29) is 29.5 Å². The molecular formula is C13H17NO5S. The summed E-state index contributed by atoms with van der Waals surface area (Å²) in [6, 6.07) is 4.08. The molecule has 1 aromatic rings. The topological polar surface area (TPSA) is 94.9 Å². The smallest absolute Gasteiger partial charge is 0.335 e. The zero-order valence-electron chi connectivity index (χ0n) is 11.1. The van der Waals surface area contributed by atoms with Crippen molar-refractivity contribution in [2.45, 2.75) is 18.2 Å². The third-order valence-corrected chi connectivity index (χ3v) is 5.57. The van der Waals surface area contributed by atoms with E-state index in [0.717, 1.165) is 0 Å². The number of aliphatic hydroxyl groups is 1. The standard InChI is InChI=1S/C13H17NO5S/c1-9-2-3-11(13(16)17)6-12(9)20(18,19)14-5-4-10(7-14)8-15/h2-3,6,10,15H,4-5,7-8H2,1H3,(H,16,17). The van der Waals surface area contributed by atoms with Gasteiger partial charge in [0.25, 0.3) is 0 Å². The van der Waals surface area contributed by atoms with Crippen LogP contribution in [0.3, 0.4) is 0 Å². The van der Waals surface area contributed by atoms with E-state index in [1.807, 2.05) is 0 Å². The maximum absolute atomic E-state index is 12.5. The Morgan fingerprint density at radius 3 is 2.70 bits per heavy atom. The van der Waals surface area contributed by atoms with Crippen LogP contribution in [-0.2, 0) is 10.0 Å². The van der Waals surface area contributed by atoms with Gasteiger partial charge in [-0.3, -0.25) is 0 Å². The summed E-state index contributed by atoms with van der Waals surface area (Å²) in [5.74, 6) is -1.20. The number of hydrogen-bond donors (Lipinski definition) is 2. The largest absolute Gasteiger partial charge is 0.478 e. The molecule has 0 spiro atoms. The molecule has 0 aliphatic carbocycles. The Morgan fingerprint density at radius 2 is 2.15 bits per heavy atom. The number of rotatable bonds is 4. The number of aliphatic hydroxyl groups excluding tert-OH is 1. The minimum atomic E-state index is -3.71. The molecule has 0 saturated carbocycles. The van der Waals surface area contributed by atoms with Crippen molar-refractivity contribution in [1.29, 1.82) is 0 Å². The van der Waals surface area contributed by atoms with Crippen molar-refractivity contribution in [2.75, 3.05) is 19.7 Å². The molecular weight excluding hydrogens is 282 g/mol. The predicted octanol–water partition coefficient (Wildman–Crippen LogP) is 0.696. The number of benzene rings is 1. The van der Waals surface area contributed by atoms with Crippen LogP contribution in [0.1, 0.15) is 22.3 Å². The second kappa shape index (κ2) is 5.51. The number of carboxylic acids is 1. The first-order chi connectivity index (χ1) is 9.36. The van der Waals surface area contributed by atoms with Gasteiger partial charge in [0.2, 0.25) is 10.0 Å². The summed E-state index contributed by atoms with van der Waals surface area (Å²) in [5.41, 5.74) is 0.467. The van der Waals surface area contributed by atoms with Crippen LogP contribution in [0.25, 0.3) is 0 Å². The average Bonchev–Trinajstić information content (AvgIpc) is 2.88. The highest BCUT2D eigenvalue weighted by atomic mass is 32.2. The maximum Gasteiger partial charge on any atom is 0.335 e. The van der Waals surface area contributed by atoms with Gasteiger partial charge in [0.15, 0.2) is 0 Å². The fourth-order valence-electron chi connectivity index (χ4n) is 2.31. The van der Waals surface area contributed by atoms with Gasteiger partial charge in [0.05, 0.1) is 10.5 Å². The molecule has 6 nitrogen and oxygen atoms in total. The van der Waals surface area contributed by atoms with Gasteiger partial charge in [-0.1, -0.05) is 6.07 Å². The quantitative estimate of drug-likeness (QED) is 0.853. The van der Waals surface area contributed by atoms with Crippen molar-refractivity contribution in [3.8, 4) is 0 Å². The Kier molecular flexibility index (Phi) is 4.12. The Morgan fingerprint density at radius 1 is 1.45 bits per heavy atom. The van der Waals surface area contributed by atoms with Crippen molar-refractivity contribution in [2.24, 2.45) is 5.92 Å². The van der Waals surface area contributed by atoms with Gasteiger partial charge in [0, 0.05) is 19.7 Å². The number of carboxylic acid groups (broad SMARTS) is 1. The van der Waals surface area contributed by atoms with E-state index in [9.17, 15) is 13.2 Å². The number of aryl methyl sites for hydroxylation is 1. The third kappa shape index (κ3) is 2.70. The Labute approximate surface area is 117 Å². The SMILES string of the molecule is Cc1ccc(C(=O)O)cc1S(=O)(=O)N1CCC(CO)C1. The first-order valence-electron chi connectivity index (χ1n) is 6.31. The molecule has 2 N–H and O–H groups in total. The van der Waals surface area contributed by atoms with Crippen LogP contribution >= 0.6 is 0 Å². The molecule has 0 amide bonds. The van der Waals surface area contributed by atoms with Crippen LogP contribution in [-0.4, -0.2) is 48.6 Å². The molecule has 0 aromatic heterocycles. The molecule has 1 aliphatic rings. The van der Waals surface area contributed by atoms with Crippen molar-refractivity contribution < 1.29 is 23.4 Å². The van der Waals surface area contributed by atoms with E-state index in [2.05, 4.69) is 0 Å². The first kappa shape index (κ1) is 15.0. The highest BCUT2D eigenvalue weighted by Gasteiger charge is 2.33. The lowest BCUT2D eigenvalue weighted by molar-refractivity contribution is 0.0696. The van der Waals surface area contributed by atoms with Gasteiger partial charge in [-0.25, -0.2) is 13.2 Å². The molecule has 110 valence electrons. The molecule has 0 radical (unpaired) electrons. The molecule has 1 heterocycles. The molecule has 1 fully saturated rings. The Balaban J connectivity index is 2.39. The zero-order chi connectivity index (χ0) is 14.9. The van der Waals surface area contributed by atoms with Gasteiger partial charge in [0.1, 0.15) is 0 Å². The second-order valence-electron chi connectivity index (χ2n) is 4.99. The third-order valence-electron chi connectivity index (χ3n) is 3.56. The normalized spacial score (nSPS) is 20.2. The number of sulfonamides is 1. The van der Waals surface area contributed by atoms with E-state index in [1.165, 1.54) is 22.5 Å². The molecule has 2 rings (SSSR count). The minimum Gasteiger partial charge on any atom is -0.478 e. The number of nitrogens with zero attached hydrogens (tertiary/aromatic N) is 1. The number of hydrogen-bond acceptors (Lipinski definition) is 4. The molecule has 7 heteroatoms. The van der Waals surface area contributed by atoms with Gasteiger partial charge in [-0.15, -0.1) is 0 Å². The number of aromatic carboxylic acids is 1. The van der Waals surface area contributed by atoms with Crippen LogP contribution in [0.4, 0.5) is 0 Å². The van der Waals surface area contributed by atoms with Crippen molar-refractivity contribution in [1.82, 2.24) is 4.31 Å². The van der Waals surface area contributed by atoms with Crippen molar-refractivity contribution in [3.05, 3.63) is 29.3 Å². The summed E-state index contributed by atoms with van der Waals surface area (Å²) in [7, 11) is -3.71. The summed E-state index contributed by atoms with van der Waals surface area (Å²) in [4.78, 5) is 11.0. The fourth-order valence-corrected chi connectivity index (χ4v) is 4.10. The predicted molar refractivity (Wildman–Crippen MR) is 72.1 cm³/mol. The maximum atomic E-state index is 12.5. The fraction of sp³-hybridized carbons (Fsp3) is 0.462. The summed E-state index contributed by atoms with van der Waals surface area (Å²) < 4.78 is 26.4. The lowest BCUT2D eigenvalue weighted by atomic mass is 10.1. The lowest BCUT2D eigenvalue weighted by Gasteiger charge is -2.18. The zero-order valence-corrected chi connectivity index (χ0v) is 11.9. The van der Waals surface area contributed by atoms with Crippen LogP contribution in [0.2, 0.25) is 0 Å². The van der Waals surface area contributed by atoms with Gasteiger partial charge >= 0.3 is 5.97 Å². The summed E-state index contributed by atoms with van der Waals surface area (Å²) in [6.07, 6.45) is 0.618. The average molecular weight is 299 g/mol. The highest BCUT2D eigenvalue weighted by molar-refractivity contribution is 7.89. The Hall–Kier alpha value is -1.44. The first-order valence-corrected chi connectivity index (χ1v) is 7.75. The summed E-state index contributed by atoms with van der Waals surface area (Å²) in [6.45, 7) is 2.22. The van der Waals surface area contributed by atoms with Gasteiger partial charge in [-0.05, 0) is 37.0 Å². The van der Waals surface area contributed by atoms with Crippen LogP contribution in [0.5, 0.6) is 0 Å². The Bertz CT molecular complexity index is 626. The molecule has 1 aliphatic heterocycles. The number of carbonyl (C=O) groups is 1. The molecule has 1 unspecified atom stereocenters. The summed E-state index contributed by atoms with van der Waals surface area (Å²) in [5, 5.41) is 18.1. The van der Waals surface area contributed by atoms with E-state index in [0.29, 0.717) is 18.5 Å². The molecule has 0 bridgehead atoms. The van der Waals surface area contributed by atoms with Crippen molar-refractivity contribution in [3.63, 3.8) is 0 Å². The molecule has 1 saturated heterocycles. The van der Waals surface area contributed by atoms with E-state index in [1.54, 1.807) is 6.92 Å². The summed E-state index contributed by atoms with van der Waals surface area (Å²) >= 11 is 0. The van der Waals surface area contributed by atoms with Gasteiger partial charge < -0.3 is 10.2 Å². The van der Waals surface area contributed by atoms with Gasteiger partial charge in [-0.2, -0.15) is 4.31 Å². The molecule has 1 atom stereocenters. The van der Waals surface area contributed by atoms with E-state index >= 15 is 0 Å². The van der Waals surface area contributed by atoms with Crippen LogP contribution < -0.4 is 0 Å². The van der Waals surface area contributed by atoms with E-state index < -0.39 is 16.0 Å². The van der Waals surface area contributed by atoms with Crippen LogP contribution in [0, 0.1) is 12.8 Å². The van der Waals surface area contributed by atoms with Crippen LogP contribution in [0.15, 0.2) is 23.1 Å². The second-order valence-corrected chi connectivity index (χ2v) is 6.89. The lowest BCUT2D eigenvalue weighted by Crippen LogP contribution is -2.30. The minimum absolute atomic E-state index is 0.0241. The molecule has 1 aromatic carbocycles.